The third-order valence-corrected chi connectivity index (χ3v) is 3.53. The Balaban J connectivity index is 1.93. The molecular formula is C12H13N5O4S. The minimum Gasteiger partial charge on any atom is -0.460 e. The number of hydrogen-bond acceptors (Lipinski definition) is 7. The maximum Gasteiger partial charge on any atom is 0.342 e. The van der Waals surface area contributed by atoms with Gasteiger partial charge in [-0.15, -0.1) is 0 Å². The summed E-state index contributed by atoms with van der Waals surface area (Å²) in [5.74, 6) is 0.828. The van der Waals surface area contributed by atoms with Crippen molar-refractivity contribution in [2.24, 2.45) is 5.10 Å². The molecule has 0 saturated heterocycles. The molecule has 0 aromatic carbocycles. The zero-order chi connectivity index (χ0) is 16.1. The fourth-order valence-corrected chi connectivity index (χ4v) is 2.16. The molecule has 2 heterocycles. The van der Waals surface area contributed by atoms with Gasteiger partial charge in [-0.3, -0.25) is 14.6 Å². The van der Waals surface area contributed by atoms with Crippen molar-refractivity contribution in [1.82, 2.24) is 20.6 Å². The van der Waals surface area contributed by atoms with Crippen LogP contribution in [0.15, 0.2) is 36.3 Å². The molecule has 0 aliphatic heterocycles. The van der Waals surface area contributed by atoms with Crippen molar-refractivity contribution in [2.45, 2.75) is 24.1 Å². The van der Waals surface area contributed by atoms with Crippen LogP contribution in [0.2, 0.25) is 0 Å². The van der Waals surface area contributed by atoms with Crippen LogP contribution in [0, 0.1) is 6.92 Å². The van der Waals surface area contributed by atoms with E-state index in [4.69, 9.17) is 4.42 Å². The van der Waals surface area contributed by atoms with Crippen molar-refractivity contribution in [2.75, 3.05) is 0 Å². The Morgan fingerprint density at radius 2 is 2.27 bits per heavy atom. The number of amides is 1. The van der Waals surface area contributed by atoms with Gasteiger partial charge in [0.2, 0.25) is 0 Å². The van der Waals surface area contributed by atoms with Crippen molar-refractivity contribution < 1.29 is 9.21 Å². The highest BCUT2D eigenvalue weighted by atomic mass is 32.2. The van der Waals surface area contributed by atoms with E-state index in [2.05, 4.69) is 20.7 Å². The fourth-order valence-electron chi connectivity index (χ4n) is 1.41. The lowest BCUT2D eigenvalue weighted by Crippen LogP contribution is -2.30. The number of rotatable bonds is 5. The normalized spacial score (nSPS) is 12.5. The molecule has 0 radical (unpaired) electrons. The van der Waals surface area contributed by atoms with Crippen molar-refractivity contribution in [3.05, 3.63) is 44.5 Å². The number of furan rings is 1. The summed E-state index contributed by atoms with van der Waals surface area (Å²) >= 11 is 0.903. The van der Waals surface area contributed by atoms with Gasteiger partial charge in [0.1, 0.15) is 11.5 Å². The number of aromatic amines is 2. The van der Waals surface area contributed by atoms with Crippen LogP contribution in [0.1, 0.15) is 18.4 Å². The average Bonchev–Trinajstić information content (AvgIpc) is 2.87. The third-order valence-electron chi connectivity index (χ3n) is 2.47. The summed E-state index contributed by atoms with van der Waals surface area (Å²) in [4.78, 5) is 36.2. The molecule has 2 aromatic rings. The number of H-pyrrole nitrogens is 2. The van der Waals surface area contributed by atoms with Crippen molar-refractivity contribution >= 4 is 23.9 Å². The predicted molar refractivity (Wildman–Crippen MR) is 80.0 cm³/mol. The maximum absolute atomic E-state index is 11.8. The van der Waals surface area contributed by atoms with Crippen LogP contribution < -0.4 is 16.7 Å². The average molecular weight is 323 g/mol. The highest BCUT2D eigenvalue weighted by Crippen LogP contribution is 2.16. The van der Waals surface area contributed by atoms with Gasteiger partial charge in [0.25, 0.3) is 11.5 Å². The molecule has 0 bridgehead atoms. The first-order valence-corrected chi connectivity index (χ1v) is 7.08. The molecule has 0 aliphatic carbocycles. The van der Waals surface area contributed by atoms with E-state index >= 15 is 0 Å². The molecule has 2 rings (SSSR count). The first kappa shape index (κ1) is 15.8. The van der Waals surface area contributed by atoms with Crippen LogP contribution in [0.4, 0.5) is 0 Å². The Bertz CT molecular complexity index is 806. The third kappa shape index (κ3) is 4.19. The second kappa shape index (κ2) is 6.89. The minimum atomic E-state index is -0.704. The van der Waals surface area contributed by atoms with Crippen molar-refractivity contribution in [3.8, 4) is 0 Å². The monoisotopic (exact) mass is 323 g/mol. The highest BCUT2D eigenvalue weighted by molar-refractivity contribution is 8.00. The maximum atomic E-state index is 11.8. The van der Waals surface area contributed by atoms with Gasteiger partial charge in [-0.1, -0.05) is 11.8 Å². The summed E-state index contributed by atoms with van der Waals surface area (Å²) in [5.41, 5.74) is 0.975. The van der Waals surface area contributed by atoms with E-state index in [1.807, 2.05) is 4.98 Å². The van der Waals surface area contributed by atoms with E-state index in [9.17, 15) is 14.4 Å². The van der Waals surface area contributed by atoms with E-state index < -0.39 is 22.4 Å². The van der Waals surface area contributed by atoms with Gasteiger partial charge in [0.05, 0.1) is 11.5 Å². The Hall–Kier alpha value is -2.62. The molecule has 22 heavy (non-hydrogen) atoms. The van der Waals surface area contributed by atoms with E-state index in [1.165, 1.54) is 6.21 Å². The molecule has 1 atom stereocenters. The quantitative estimate of drug-likeness (QED) is 0.402. The largest absolute Gasteiger partial charge is 0.460 e. The first-order chi connectivity index (χ1) is 10.5. The molecule has 0 fully saturated rings. The topological polar surface area (TPSA) is 133 Å². The number of carbonyl (C=O) groups excluding carboxylic acids is 1. The van der Waals surface area contributed by atoms with E-state index in [1.54, 1.807) is 26.0 Å². The van der Waals surface area contributed by atoms with E-state index in [0.717, 1.165) is 17.5 Å². The smallest absolute Gasteiger partial charge is 0.342 e. The molecule has 0 aliphatic rings. The molecule has 1 amide bonds. The van der Waals surface area contributed by atoms with Crippen LogP contribution in [-0.4, -0.2) is 32.6 Å². The lowest BCUT2D eigenvalue weighted by Gasteiger charge is -2.07. The second-order valence-electron chi connectivity index (χ2n) is 4.25. The number of hydrazone groups is 1. The summed E-state index contributed by atoms with van der Waals surface area (Å²) < 4.78 is 5.25. The Morgan fingerprint density at radius 3 is 2.91 bits per heavy atom. The van der Waals surface area contributed by atoms with Gasteiger partial charge >= 0.3 is 5.69 Å². The van der Waals surface area contributed by atoms with Crippen LogP contribution in [0.3, 0.4) is 0 Å². The summed E-state index contributed by atoms with van der Waals surface area (Å²) in [6.45, 7) is 3.38. The molecule has 0 spiro atoms. The van der Waals surface area contributed by atoms with Gasteiger partial charge in [-0.05, 0) is 26.0 Å². The van der Waals surface area contributed by atoms with E-state index in [0.29, 0.717) is 5.76 Å². The lowest BCUT2D eigenvalue weighted by molar-refractivity contribution is -0.120. The molecular weight excluding hydrogens is 310 g/mol. The SMILES string of the molecule is Cc1ccc(/C=N/NC(=O)C(C)Sc2n[nH]c(=O)[nH]c2=O)o1. The number of hydrogen-bond donors (Lipinski definition) is 3. The summed E-state index contributed by atoms with van der Waals surface area (Å²) in [6, 6.07) is 3.49. The zero-order valence-corrected chi connectivity index (χ0v) is 12.6. The molecule has 0 saturated carbocycles. The number of aromatic nitrogens is 3. The predicted octanol–water partition coefficient (Wildman–Crippen LogP) is -0.00948. The summed E-state index contributed by atoms with van der Waals surface area (Å²) in [5, 5.41) is 8.80. The van der Waals surface area contributed by atoms with Gasteiger partial charge in [0.15, 0.2) is 5.03 Å². The molecule has 2 aromatic heterocycles. The van der Waals surface area contributed by atoms with Gasteiger partial charge in [0, 0.05) is 0 Å². The lowest BCUT2D eigenvalue weighted by atomic mass is 10.4. The molecule has 9 nitrogen and oxygen atoms in total. The van der Waals surface area contributed by atoms with Crippen LogP contribution >= 0.6 is 11.8 Å². The van der Waals surface area contributed by atoms with Gasteiger partial charge < -0.3 is 4.42 Å². The Kier molecular flexibility index (Phi) is 4.94. The highest BCUT2D eigenvalue weighted by Gasteiger charge is 2.17. The second-order valence-corrected chi connectivity index (χ2v) is 5.58. The first-order valence-electron chi connectivity index (χ1n) is 6.20. The molecule has 1 unspecified atom stereocenters. The van der Waals surface area contributed by atoms with Crippen molar-refractivity contribution in [3.63, 3.8) is 0 Å². The van der Waals surface area contributed by atoms with Gasteiger partial charge in [-0.2, -0.15) is 10.2 Å². The van der Waals surface area contributed by atoms with Gasteiger partial charge in [-0.25, -0.2) is 15.3 Å². The number of nitrogens with zero attached hydrogens (tertiary/aromatic N) is 2. The van der Waals surface area contributed by atoms with Crippen LogP contribution in [0.5, 0.6) is 0 Å². The molecule has 10 heteroatoms. The zero-order valence-electron chi connectivity index (χ0n) is 11.7. The van der Waals surface area contributed by atoms with Crippen LogP contribution in [0.25, 0.3) is 0 Å². The molecule has 116 valence electrons. The summed E-state index contributed by atoms with van der Waals surface area (Å²) in [6.07, 6.45) is 1.37. The van der Waals surface area contributed by atoms with Crippen LogP contribution in [-0.2, 0) is 4.79 Å². The number of thioether (sulfide) groups is 1. The van der Waals surface area contributed by atoms with E-state index in [-0.39, 0.29) is 5.03 Å². The fraction of sp³-hybridized carbons (Fsp3) is 0.250. The molecule has 3 N–H and O–H groups in total. The number of aryl methyl sites for hydroxylation is 1. The minimum absolute atomic E-state index is 0.00658. The standard InChI is InChI=1S/C12H13N5O4S/c1-6-3-4-8(21-6)5-13-15-9(18)7(2)22-11-10(19)14-12(20)17-16-11/h3-5,7H,1-2H3,(H,15,18)(H2,14,17,19,20)/b13-5+. The number of nitrogens with one attached hydrogen (secondary N) is 3. The number of carbonyl (C=O) groups is 1. The summed E-state index contributed by atoms with van der Waals surface area (Å²) in [7, 11) is 0. The Morgan fingerprint density at radius 1 is 1.50 bits per heavy atom. The van der Waals surface area contributed by atoms with Crippen molar-refractivity contribution in [1.29, 1.82) is 0 Å². The Labute approximate surface area is 128 Å².